The van der Waals surface area contributed by atoms with E-state index in [0.717, 1.165) is 3.57 Å². The first kappa shape index (κ1) is 15.0. The van der Waals surface area contributed by atoms with Crippen LogP contribution in [0, 0.1) is 3.57 Å². The van der Waals surface area contributed by atoms with Crippen LogP contribution in [-0.2, 0) is 16.6 Å². The summed E-state index contributed by atoms with van der Waals surface area (Å²) in [5.74, 6) is 0. The lowest BCUT2D eigenvalue weighted by atomic mass is 10.3. The molecule has 8 heteroatoms. The van der Waals surface area contributed by atoms with Crippen molar-refractivity contribution in [2.75, 3.05) is 4.72 Å². The van der Waals surface area contributed by atoms with Crippen molar-refractivity contribution in [1.29, 1.82) is 0 Å². The first-order valence-electron chi connectivity index (χ1n) is 5.18. The lowest BCUT2D eigenvalue weighted by molar-refractivity contribution is 0.600. The molecule has 0 aliphatic carbocycles. The van der Waals surface area contributed by atoms with E-state index in [1.807, 2.05) is 0 Å². The van der Waals surface area contributed by atoms with Crippen molar-refractivity contribution in [3.8, 4) is 0 Å². The molecule has 0 saturated heterocycles. The molecule has 1 aromatic heterocycles. The molecule has 2 rings (SSSR count). The van der Waals surface area contributed by atoms with Gasteiger partial charge in [-0.15, -0.1) is 11.3 Å². The van der Waals surface area contributed by atoms with E-state index in [1.54, 1.807) is 23.6 Å². The van der Waals surface area contributed by atoms with Crippen LogP contribution in [0.5, 0.6) is 0 Å². The van der Waals surface area contributed by atoms with Crippen LogP contribution in [0.2, 0.25) is 5.02 Å². The largest absolute Gasteiger partial charge is 0.326 e. The monoisotopic (exact) mass is 428 g/mol. The van der Waals surface area contributed by atoms with Gasteiger partial charge in [0.05, 0.1) is 10.7 Å². The van der Waals surface area contributed by atoms with Crippen molar-refractivity contribution in [1.82, 2.24) is 0 Å². The van der Waals surface area contributed by atoms with Crippen LogP contribution in [0.1, 0.15) is 4.88 Å². The Kier molecular flexibility index (Phi) is 4.72. The molecule has 2 aromatic rings. The molecule has 0 amide bonds. The second-order valence-corrected chi connectivity index (χ2v) is 7.95. The fourth-order valence-electron chi connectivity index (χ4n) is 1.49. The molecule has 0 radical (unpaired) electrons. The van der Waals surface area contributed by atoms with Crippen molar-refractivity contribution in [2.45, 2.75) is 11.4 Å². The fraction of sp³-hybridized carbons (Fsp3) is 0.0909. The smallest absolute Gasteiger partial charge is 0.263 e. The molecule has 19 heavy (non-hydrogen) atoms. The standard InChI is InChI=1S/C11H10ClIN2O2S2/c12-8-5-7(13)1-2-9(8)15-19(16,17)11-3-4-18-10(11)6-14/h1-5,15H,6,14H2. The second-order valence-electron chi connectivity index (χ2n) is 3.64. The van der Waals surface area contributed by atoms with E-state index in [0.29, 0.717) is 15.6 Å². The molecule has 3 N–H and O–H groups in total. The molecular formula is C11H10ClIN2O2S2. The molecular weight excluding hydrogens is 419 g/mol. The summed E-state index contributed by atoms with van der Waals surface area (Å²) in [4.78, 5) is 0.823. The van der Waals surface area contributed by atoms with Crippen LogP contribution >= 0.6 is 45.5 Å². The number of hydrogen-bond acceptors (Lipinski definition) is 4. The molecule has 0 unspecified atom stereocenters. The number of nitrogens with two attached hydrogens (primary N) is 1. The number of benzene rings is 1. The summed E-state index contributed by atoms with van der Waals surface area (Å²) >= 11 is 9.44. The Hall–Kier alpha value is -0.350. The molecule has 0 atom stereocenters. The van der Waals surface area contributed by atoms with E-state index in [-0.39, 0.29) is 11.4 Å². The van der Waals surface area contributed by atoms with Crippen LogP contribution in [-0.4, -0.2) is 8.42 Å². The first-order valence-corrected chi connectivity index (χ1v) is 9.00. The van der Waals surface area contributed by atoms with E-state index in [1.165, 1.54) is 17.4 Å². The van der Waals surface area contributed by atoms with Crippen LogP contribution in [0.3, 0.4) is 0 Å². The van der Waals surface area contributed by atoms with Crippen molar-refractivity contribution in [3.05, 3.63) is 43.1 Å². The van der Waals surface area contributed by atoms with Gasteiger partial charge in [0.1, 0.15) is 4.90 Å². The molecule has 0 bridgehead atoms. The van der Waals surface area contributed by atoms with E-state index in [4.69, 9.17) is 17.3 Å². The van der Waals surface area contributed by atoms with Crippen molar-refractivity contribution < 1.29 is 8.42 Å². The van der Waals surface area contributed by atoms with Crippen molar-refractivity contribution in [3.63, 3.8) is 0 Å². The highest BCUT2D eigenvalue weighted by atomic mass is 127. The molecule has 4 nitrogen and oxygen atoms in total. The average Bonchev–Trinajstić information content (AvgIpc) is 2.82. The predicted molar refractivity (Wildman–Crippen MR) is 87.2 cm³/mol. The van der Waals surface area contributed by atoms with Gasteiger partial charge in [-0.05, 0) is 52.2 Å². The highest BCUT2D eigenvalue weighted by molar-refractivity contribution is 14.1. The van der Waals surface area contributed by atoms with Crippen molar-refractivity contribution >= 4 is 61.2 Å². The Balaban J connectivity index is 2.37. The topological polar surface area (TPSA) is 72.2 Å². The first-order chi connectivity index (χ1) is 8.94. The maximum Gasteiger partial charge on any atom is 0.263 e. The zero-order chi connectivity index (χ0) is 14.0. The quantitative estimate of drug-likeness (QED) is 0.734. The van der Waals surface area contributed by atoms with E-state index < -0.39 is 10.0 Å². The Morgan fingerprint density at radius 3 is 2.74 bits per heavy atom. The van der Waals surface area contributed by atoms with Gasteiger partial charge >= 0.3 is 0 Å². The summed E-state index contributed by atoms with van der Waals surface area (Å²) < 4.78 is 27.9. The Bertz CT molecular complexity index is 700. The summed E-state index contributed by atoms with van der Waals surface area (Å²) in [7, 11) is -3.65. The third-order valence-corrected chi connectivity index (χ3v) is 5.86. The summed E-state index contributed by atoms with van der Waals surface area (Å²) in [6.45, 7) is 0.189. The highest BCUT2D eigenvalue weighted by Gasteiger charge is 2.20. The summed E-state index contributed by atoms with van der Waals surface area (Å²) in [6, 6.07) is 6.64. The van der Waals surface area contributed by atoms with Gasteiger partial charge in [0.25, 0.3) is 10.0 Å². The van der Waals surface area contributed by atoms with E-state index >= 15 is 0 Å². The second kappa shape index (κ2) is 5.96. The van der Waals surface area contributed by atoms with Crippen LogP contribution < -0.4 is 10.5 Å². The average molecular weight is 429 g/mol. The Labute approximate surface area is 134 Å². The van der Waals surface area contributed by atoms with Gasteiger partial charge in [0.2, 0.25) is 0 Å². The van der Waals surface area contributed by atoms with Crippen LogP contribution in [0.15, 0.2) is 34.5 Å². The molecule has 0 fully saturated rings. The lowest BCUT2D eigenvalue weighted by Gasteiger charge is -2.10. The van der Waals surface area contributed by atoms with Gasteiger partial charge in [0.15, 0.2) is 0 Å². The number of nitrogens with one attached hydrogen (secondary N) is 1. The number of thiophene rings is 1. The van der Waals surface area contributed by atoms with Gasteiger partial charge in [0, 0.05) is 15.0 Å². The molecule has 0 aliphatic rings. The maximum atomic E-state index is 12.3. The maximum absolute atomic E-state index is 12.3. The molecule has 102 valence electrons. The van der Waals surface area contributed by atoms with Gasteiger partial charge in [-0.2, -0.15) is 0 Å². The minimum atomic E-state index is -3.65. The van der Waals surface area contributed by atoms with Gasteiger partial charge < -0.3 is 5.73 Å². The van der Waals surface area contributed by atoms with E-state index in [9.17, 15) is 8.42 Å². The van der Waals surface area contributed by atoms with Crippen LogP contribution in [0.4, 0.5) is 5.69 Å². The minimum Gasteiger partial charge on any atom is -0.326 e. The molecule has 1 heterocycles. The number of rotatable bonds is 4. The molecule has 0 spiro atoms. The number of halogens is 2. The normalized spacial score (nSPS) is 11.5. The molecule has 1 aromatic carbocycles. The third-order valence-electron chi connectivity index (χ3n) is 2.35. The predicted octanol–water partition coefficient (Wildman–Crippen LogP) is 3.27. The SMILES string of the molecule is NCc1sccc1S(=O)(=O)Nc1ccc(I)cc1Cl. The highest BCUT2D eigenvalue weighted by Crippen LogP contribution is 2.28. The Morgan fingerprint density at radius 2 is 2.11 bits per heavy atom. The van der Waals surface area contributed by atoms with Gasteiger partial charge in [-0.1, -0.05) is 11.6 Å². The summed E-state index contributed by atoms with van der Waals surface area (Å²) in [5, 5.41) is 2.06. The zero-order valence-corrected chi connectivity index (χ0v) is 14.1. The van der Waals surface area contributed by atoms with Crippen molar-refractivity contribution in [2.24, 2.45) is 5.73 Å². The summed E-state index contributed by atoms with van der Waals surface area (Å²) in [6.07, 6.45) is 0. The fourth-order valence-corrected chi connectivity index (χ4v) is 4.86. The van der Waals surface area contributed by atoms with Crippen LogP contribution in [0.25, 0.3) is 0 Å². The zero-order valence-electron chi connectivity index (χ0n) is 9.56. The number of anilines is 1. The van der Waals surface area contributed by atoms with E-state index in [2.05, 4.69) is 27.3 Å². The number of sulfonamides is 1. The number of hydrogen-bond donors (Lipinski definition) is 2. The van der Waals surface area contributed by atoms with Gasteiger partial charge in [-0.3, -0.25) is 4.72 Å². The third kappa shape index (κ3) is 3.40. The summed E-state index contributed by atoms with van der Waals surface area (Å²) in [5.41, 5.74) is 5.88. The molecule has 0 aliphatic heterocycles. The lowest BCUT2D eigenvalue weighted by Crippen LogP contribution is -2.15. The molecule has 0 saturated carbocycles. The Morgan fingerprint density at radius 1 is 1.37 bits per heavy atom. The van der Waals surface area contributed by atoms with Gasteiger partial charge in [-0.25, -0.2) is 8.42 Å². The minimum absolute atomic E-state index is 0.189.